The first-order chi connectivity index (χ1) is 12.0. The predicted octanol–water partition coefficient (Wildman–Crippen LogP) is 3.14. The highest BCUT2D eigenvalue weighted by Crippen LogP contribution is 2.17. The summed E-state index contributed by atoms with van der Waals surface area (Å²) in [5.41, 5.74) is 5.20. The van der Waals surface area contributed by atoms with E-state index < -0.39 is 0 Å². The first-order valence-electron chi connectivity index (χ1n) is 9.00. The normalized spacial score (nSPS) is 11.2. The first kappa shape index (κ1) is 22.4. The molecule has 0 aliphatic heterocycles. The standard InChI is InChI=1S/C19H30N6.HI/c1-6-18-24-23-13-25(18)9-8-21-19(20-7-2)22-12-17-15(4)10-14(3)11-16(17)5;/h10-11,13H,6-9,12H2,1-5H3,(H2,20,21,22);1H. The third-order valence-corrected chi connectivity index (χ3v) is 4.24. The summed E-state index contributed by atoms with van der Waals surface area (Å²) in [6.45, 7) is 13.7. The van der Waals surface area contributed by atoms with Crippen LogP contribution in [0.4, 0.5) is 0 Å². The summed E-state index contributed by atoms with van der Waals surface area (Å²) < 4.78 is 2.07. The molecule has 0 unspecified atom stereocenters. The lowest BCUT2D eigenvalue weighted by molar-refractivity contribution is 0.632. The molecule has 2 N–H and O–H groups in total. The molecule has 0 aliphatic rings. The molecule has 26 heavy (non-hydrogen) atoms. The molecule has 0 aliphatic carbocycles. The molecule has 0 radical (unpaired) electrons. The molecular weight excluding hydrogens is 439 g/mol. The zero-order valence-corrected chi connectivity index (χ0v) is 18.8. The summed E-state index contributed by atoms with van der Waals surface area (Å²) >= 11 is 0. The fraction of sp³-hybridized carbons (Fsp3) is 0.526. The summed E-state index contributed by atoms with van der Waals surface area (Å²) in [4.78, 5) is 4.75. The van der Waals surface area contributed by atoms with Gasteiger partial charge in [-0.15, -0.1) is 34.2 Å². The second-order valence-corrected chi connectivity index (χ2v) is 6.29. The van der Waals surface area contributed by atoms with Crippen LogP contribution in [0.3, 0.4) is 0 Å². The van der Waals surface area contributed by atoms with Crippen LogP contribution in [0.1, 0.15) is 41.9 Å². The molecular formula is C19H31IN6. The van der Waals surface area contributed by atoms with E-state index in [0.29, 0.717) is 6.54 Å². The van der Waals surface area contributed by atoms with Crippen LogP contribution in [0.2, 0.25) is 0 Å². The van der Waals surface area contributed by atoms with Crippen LogP contribution < -0.4 is 10.6 Å². The molecule has 2 aromatic rings. The number of benzene rings is 1. The molecule has 0 amide bonds. The van der Waals surface area contributed by atoms with E-state index >= 15 is 0 Å². The van der Waals surface area contributed by atoms with E-state index in [-0.39, 0.29) is 24.0 Å². The third-order valence-electron chi connectivity index (χ3n) is 4.24. The minimum atomic E-state index is 0. The second-order valence-electron chi connectivity index (χ2n) is 6.29. The zero-order chi connectivity index (χ0) is 18.2. The smallest absolute Gasteiger partial charge is 0.191 e. The van der Waals surface area contributed by atoms with Crippen LogP contribution in [0.5, 0.6) is 0 Å². The van der Waals surface area contributed by atoms with Crippen molar-refractivity contribution < 1.29 is 0 Å². The van der Waals surface area contributed by atoms with Crippen molar-refractivity contribution in [1.82, 2.24) is 25.4 Å². The lowest BCUT2D eigenvalue weighted by Gasteiger charge is -2.14. The highest BCUT2D eigenvalue weighted by Gasteiger charge is 2.05. The van der Waals surface area contributed by atoms with Gasteiger partial charge in [0.05, 0.1) is 6.54 Å². The molecule has 1 aromatic carbocycles. The molecule has 0 saturated carbocycles. The number of aromatic nitrogens is 3. The van der Waals surface area contributed by atoms with Crippen molar-refractivity contribution in [1.29, 1.82) is 0 Å². The van der Waals surface area contributed by atoms with Crippen LogP contribution in [-0.4, -0.2) is 33.8 Å². The zero-order valence-electron chi connectivity index (χ0n) is 16.5. The van der Waals surface area contributed by atoms with Crippen molar-refractivity contribution in [2.45, 2.75) is 54.1 Å². The largest absolute Gasteiger partial charge is 0.357 e. The van der Waals surface area contributed by atoms with E-state index in [1.165, 1.54) is 22.3 Å². The Morgan fingerprint density at radius 1 is 1.12 bits per heavy atom. The van der Waals surface area contributed by atoms with Gasteiger partial charge < -0.3 is 15.2 Å². The molecule has 6 nitrogen and oxygen atoms in total. The third kappa shape index (κ3) is 6.26. The summed E-state index contributed by atoms with van der Waals surface area (Å²) in [6, 6.07) is 4.44. The maximum Gasteiger partial charge on any atom is 0.191 e. The quantitative estimate of drug-likeness (QED) is 0.371. The molecule has 144 valence electrons. The summed E-state index contributed by atoms with van der Waals surface area (Å²) in [5, 5.41) is 14.8. The Balaban J connectivity index is 0.00000338. The van der Waals surface area contributed by atoms with E-state index in [4.69, 9.17) is 4.99 Å². The molecule has 0 atom stereocenters. The molecule has 7 heteroatoms. The van der Waals surface area contributed by atoms with E-state index in [0.717, 1.165) is 37.8 Å². The summed E-state index contributed by atoms with van der Waals surface area (Å²) in [7, 11) is 0. The van der Waals surface area contributed by atoms with Gasteiger partial charge in [0, 0.05) is 26.1 Å². The van der Waals surface area contributed by atoms with Crippen molar-refractivity contribution in [2.75, 3.05) is 13.1 Å². The van der Waals surface area contributed by atoms with Gasteiger partial charge >= 0.3 is 0 Å². The number of rotatable bonds is 7. The molecule has 0 bridgehead atoms. The first-order valence-corrected chi connectivity index (χ1v) is 9.00. The van der Waals surface area contributed by atoms with Crippen LogP contribution >= 0.6 is 24.0 Å². The number of hydrogen-bond acceptors (Lipinski definition) is 3. The van der Waals surface area contributed by atoms with Gasteiger partial charge in [-0.1, -0.05) is 24.6 Å². The van der Waals surface area contributed by atoms with E-state index in [1.54, 1.807) is 6.33 Å². The number of guanidine groups is 1. The molecule has 0 saturated heterocycles. The van der Waals surface area contributed by atoms with Gasteiger partial charge in [0.15, 0.2) is 5.96 Å². The van der Waals surface area contributed by atoms with Crippen molar-refractivity contribution >= 4 is 29.9 Å². The minimum Gasteiger partial charge on any atom is -0.357 e. The second kappa shape index (κ2) is 11.2. The SMILES string of the molecule is CCNC(=NCc1c(C)cc(C)cc1C)NCCn1cnnc1CC.I. The fourth-order valence-corrected chi connectivity index (χ4v) is 2.99. The Hall–Kier alpha value is -1.64. The Morgan fingerprint density at radius 3 is 2.42 bits per heavy atom. The Bertz CT molecular complexity index is 700. The number of aryl methyl sites for hydroxylation is 4. The topological polar surface area (TPSA) is 67.1 Å². The van der Waals surface area contributed by atoms with Gasteiger partial charge in [-0.25, -0.2) is 4.99 Å². The predicted molar refractivity (Wildman–Crippen MR) is 118 cm³/mol. The molecule has 1 aromatic heterocycles. The number of hydrogen-bond donors (Lipinski definition) is 2. The lowest BCUT2D eigenvalue weighted by atomic mass is 10.00. The van der Waals surface area contributed by atoms with Crippen LogP contribution in [0.25, 0.3) is 0 Å². The van der Waals surface area contributed by atoms with Gasteiger partial charge in [-0.3, -0.25) is 0 Å². The molecule has 0 fully saturated rings. The summed E-state index contributed by atoms with van der Waals surface area (Å²) in [6.07, 6.45) is 2.67. The van der Waals surface area contributed by atoms with Gasteiger partial charge in [-0.2, -0.15) is 0 Å². The van der Waals surface area contributed by atoms with Gasteiger partial charge in [0.1, 0.15) is 12.2 Å². The van der Waals surface area contributed by atoms with Gasteiger partial charge in [0.25, 0.3) is 0 Å². The van der Waals surface area contributed by atoms with Crippen LogP contribution in [0, 0.1) is 20.8 Å². The average Bonchev–Trinajstić information content (AvgIpc) is 3.01. The molecule has 1 heterocycles. The van der Waals surface area contributed by atoms with E-state index in [9.17, 15) is 0 Å². The van der Waals surface area contributed by atoms with Crippen LogP contribution in [0.15, 0.2) is 23.5 Å². The van der Waals surface area contributed by atoms with Crippen molar-refractivity contribution in [3.63, 3.8) is 0 Å². The average molecular weight is 470 g/mol. The van der Waals surface area contributed by atoms with Gasteiger partial charge in [0.2, 0.25) is 0 Å². The van der Waals surface area contributed by atoms with E-state index in [2.05, 4.69) is 72.1 Å². The minimum absolute atomic E-state index is 0. The van der Waals surface area contributed by atoms with Crippen molar-refractivity contribution in [3.05, 3.63) is 46.5 Å². The van der Waals surface area contributed by atoms with Crippen molar-refractivity contribution in [2.24, 2.45) is 4.99 Å². The number of nitrogens with zero attached hydrogens (tertiary/aromatic N) is 4. The highest BCUT2D eigenvalue weighted by atomic mass is 127. The van der Waals surface area contributed by atoms with E-state index in [1.807, 2.05) is 0 Å². The monoisotopic (exact) mass is 470 g/mol. The summed E-state index contributed by atoms with van der Waals surface area (Å²) in [5.74, 6) is 1.85. The number of halogens is 1. The maximum absolute atomic E-state index is 4.75. The Kier molecular flexibility index (Phi) is 9.61. The Labute approximate surface area is 173 Å². The van der Waals surface area contributed by atoms with Crippen LogP contribution in [-0.2, 0) is 19.5 Å². The lowest BCUT2D eigenvalue weighted by Crippen LogP contribution is -2.39. The Morgan fingerprint density at radius 2 is 1.81 bits per heavy atom. The fourth-order valence-electron chi connectivity index (χ4n) is 2.99. The maximum atomic E-state index is 4.75. The highest BCUT2D eigenvalue weighted by molar-refractivity contribution is 14.0. The molecule has 2 rings (SSSR count). The van der Waals surface area contributed by atoms with Gasteiger partial charge in [-0.05, 0) is 44.4 Å². The number of aliphatic imine (C=N–C) groups is 1. The molecule has 0 spiro atoms. The number of nitrogens with one attached hydrogen (secondary N) is 2. The van der Waals surface area contributed by atoms with Crippen molar-refractivity contribution in [3.8, 4) is 0 Å².